The molecule has 1 unspecified atom stereocenters. The number of benzene rings is 2. The molecule has 1 N–H and O–H groups in total. The van der Waals surface area contributed by atoms with Crippen molar-refractivity contribution in [1.29, 1.82) is 0 Å². The summed E-state index contributed by atoms with van der Waals surface area (Å²) in [5.74, 6) is 0.294. The number of nitrogens with one attached hydrogen (secondary N) is 1. The Morgan fingerprint density at radius 1 is 1.20 bits per heavy atom. The van der Waals surface area contributed by atoms with E-state index in [1.807, 2.05) is 0 Å². The lowest BCUT2D eigenvalue weighted by Crippen LogP contribution is -2.30. The number of carbonyl (C=O) groups is 1. The number of halogens is 2. The fourth-order valence-corrected chi connectivity index (χ4v) is 3.09. The molecule has 0 spiro atoms. The standard InChI is InChI=1S/C16H14Br2N2O5/c1-9(25-14-6-3-10(17)7-12(14)18)16(21)19-13-5-4-11(20(22)23)8-15(13)24-2/h3-9H,1-2H3,(H,19,21). The topological polar surface area (TPSA) is 90.7 Å². The van der Waals surface area contributed by atoms with Gasteiger partial charge in [-0.05, 0) is 47.1 Å². The molecule has 2 aromatic carbocycles. The van der Waals surface area contributed by atoms with Crippen LogP contribution in [-0.4, -0.2) is 24.0 Å². The number of amides is 1. The van der Waals surface area contributed by atoms with Gasteiger partial charge in [0.15, 0.2) is 6.10 Å². The first-order chi connectivity index (χ1) is 11.8. The molecule has 132 valence electrons. The molecule has 1 atom stereocenters. The van der Waals surface area contributed by atoms with E-state index >= 15 is 0 Å². The maximum absolute atomic E-state index is 12.3. The minimum atomic E-state index is -0.794. The van der Waals surface area contributed by atoms with Crippen LogP contribution in [0.5, 0.6) is 11.5 Å². The van der Waals surface area contributed by atoms with Crippen molar-refractivity contribution in [3.63, 3.8) is 0 Å². The summed E-state index contributed by atoms with van der Waals surface area (Å²) in [6.07, 6.45) is -0.794. The maximum atomic E-state index is 12.3. The number of methoxy groups -OCH3 is 1. The predicted octanol–water partition coefficient (Wildman–Crippen LogP) is 4.53. The van der Waals surface area contributed by atoms with Gasteiger partial charge in [0.2, 0.25) is 0 Å². The third-order valence-corrected chi connectivity index (χ3v) is 4.33. The van der Waals surface area contributed by atoms with Crippen LogP contribution in [0.25, 0.3) is 0 Å². The molecule has 25 heavy (non-hydrogen) atoms. The Bertz CT molecular complexity index is 813. The van der Waals surface area contributed by atoms with Crippen LogP contribution in [0.4, 0.5) is 11.4 Å². The van der Waals surface area contributed by atoms with Crippen LogP contribution < -0.4 is 14.8 Å². The van der Waals surface area contributed by atoms with Gasteiger partial charge in [0.1, 0.15) is 11.5 Å². The quantitative estimate of drug-likeness (QED) is 0.491. The second-order valence-electron chi connectivity index (χ2n) is 4.97. The Morgan fingerprint density at radius 2 is 1.92 bits per heavy atom. The van der Waals surface area contributed by atoms with Crippen molar-refractivity contribution in [2.45, 2.75) is 13.0 Å². The third-order valence-electron chi connectivity index (χ3n) is 3.22. The molecular formula is C16H14Br2N2O5. The fourth-order valence-electron chi connectivity index (χ4n) is 1.95. The van der Waals surface area contributed by atoms with Crippen LogP contribution in [0.1, 0.15) is 6.92 Å². The smallest absolute Gasteiger partial charge is 0.273 e. The molecule has 2 aromatic rings. The van der Waals surface area contributed by atoms with Crippen LogP contribution in [-0.2, 0) is 4.79 Å². The molecule has 7 nitrogen and oxygen atoms in total. The zero-order valence-electron chi connectivity index (χ0n) is 13.3. The van der Waals surface area contributed by atoms with Gasteiger partial charge in [-0.2, -0.15) is 0 Å². The van der Waals surface area contributed by atoms with Crippen LogP contribution in [0.15, 0.2) is 45.3 Å². The number of nitro groups is 1. The summed E-state index contributed by atoms with van der Waals surface area (Å²) in [7, 11) is 1.37. The summed E-state index contributed by atoms with van der Waals surface area (Å²) in [4.78, 5) is 22.6. The lowest BCUT2D eigenvalue weighted by Gasteiger charge is -2.17. The summed E-state index contributed by atoms with van der Waals surface area (Å²) in [6, 6.07) is 9.27. The van der Waals surface area contributed by atoms with Crippen LogP contribution >= 0.6 is 31.9 Å². The predicted molar refractivity (Wildman–Crippen MR) is 100 cm³/mol. The van der Waals surface area contributed by atoms with Gasteiger partial charge in [-0.3, -0.25) is 14.9 Å². The minimum absolute atomic E-state index is 0.127. The van der Waals surface area contributed by atoms with Gasteiger partial charge < -0.3 is 14.8 Å². The molecule has 0 heterocycles. The highest BCUT2D eigenvalue weighted by Gasteiger charge is 2.19. The highest BCUT2D eigenvalue weighted by atomic mass is 79.9. The molecular weight excluding hydrogens is 460 g/mol. The van der Waals surface area contributed by atoms with Gasteiger partial charge in [-0.25, -0.2) is 0 Å². The van der Waals surface area contributed by atoms with Crippen LogP contribution in [0, 0.1) is 10.1 Å². The molecule has 0 bridgehead atoms. The average molecular weight is 474 g/mol. The maximum Gasteiger partial charge on any atom is 0.273 e. The fraction of sp³-hybridized carbons (Fsp3) is 0.188. The molecule has 0 fully saturated rings. The van der Waals surface area contributed by atoms with E-state index in [4.69, 9.17) is 9.47 Å². The first-order valence-electron chi connectivity index (χ1n) is 7.07. The number of nitrogens with zero attached hydrogens (tertiary/aromatic N) is 1. The van der Waals surface area contributed by atoms with Crippen LogP contribution in [0.2, 0.25) is 0 Å². The van der Waals surface area contributed by atoms with Crippen molar-refractivity contribution < 1.29 is 19.2 Å². The molecule has 0 saturated carbocycles. The largest absolute Gasteiger partial charge is 0.494 e. The lowest BCUT2D eigenvalue weighted by atomic mass is 10.2. The average Bonchev–Trinajstić information content (AvgIpc) is 2.57. The Hall–Kier alpha value is -2.13. The number of anilines is 1. The van der Waals surface area contributed by atoms with Gasteiger partial charge in [-0.1, -0.05) is 15.9 Å². The Kier molecular flexibility index (Phi) is 6.38. The van der Waals surface area contributed by atoms with E-state index < -0.39 is 16.9 Å². The zero-order valence-corrected chi connectivity index (χ0v) is 16.5. The van der Waals surface area contributed by atoms with E-state index in [2.05, 4.69) is 37.2 Å². The van der Waals surface area contributed by atoms with Crippen LogP contribution in [0.3, 0.4) is 0 Å². The van der Waals surface area contributed by atoms with Gasteiger partial charge in [0.05, 0.1) is 28.3 Å². The molecule has 0 aliphatic rings. The number of rotatable bonds is 6. The monoisotopic (exact) mass is 472 g/mol. The van der Waals surface area contributed by atoms with Gasteiger partial charge in [-0.15, -0.1) is 0 Å². The number of ether oxygens (including phenoxy) is 2. The normalized spacial score (nSPS) is 11.5. The van der Waals surface area contributed by atoms with Crippen molar-refractivity contribution in [2.75, 3.05) is 12.4 Å². The molecule has 1 amide bonds. The SMILES string of the molecule is COc1cc([N+](=O)[O-])ccc1NC(=O)C(C)Oc1ccc(Br)cc1Br. The van der Waals surface area contributed by atoms with Gasteiger partial charge in [0, 0.05) is 10.5 Å². The molecule has 0 saturated heterocycles. The van der Waals surface area contributed by atoms with Crippen molar-refractivity contribution in [2.24, 2.45) is 0 Å². The first-order valence-corrected chi connectivity index (χ1v) is 8.65. The number of hydrogen-bond donors (Lipinski definition) is 1. The molecule has 0 aliphatic carbocycles. The number of carbonyl (C=O) groups excluding carboxylic acids is 1. The van der Waals surface area contributed by atoms with E-state index in [-0.39, 0.29) is 11.4 Å². The van der Waals surface area contributed by atoms with E-state index in [0.717, 1.165) is 4.47 Å². The first kappa shape index (κ1) is 19.2. The molecule has 2 rings (SSSR count). The van der Waals surface area contributed by atoms with Crippen molar-refractivity contribution in [3.05, 3.63) is 55.5 Å². The summed E-state index contributed by atoms with van der Waals surface area (Å²) in [6.45, 7) is 1.60. The Balaban J connectivity index is 2.11. The number of hydrogen-bond acceptors (Lipinski definition) is 5. The molecule has 0 aliphatic heterocycles. The molecule has 9 heteroatoms. The highest BCUT2D eigenvalue weighted by Crippen LogP contribution is 2.31. The van der Waals surface area contributed by atoms with E-state index in [0.29, 0.717) is 15.9 Å². The summed E-state index contributed by atoms with van der Waals surface area (Å²) >= 11 is 6.71. The second kappa shape index (κ2) is 8.30. The third kappa shape index (κ3) is 4.93. The second-order valence-corrected chi connectivity index (χ2v) is 6.74. The summed E-state index contributed by atoms with van der Waals surface area (Å²) in [5, 5.41) is 13.4. The van der Waals surface area contributed by atoms with Crippen molar-refractivity contribution in [1.82, 2.24) is 0 Å². The Morgan fingerprint density at radius 3 is 2.52 bits per heavy atom. The Labute approximate surface area is 160 Å². The highest BCUT2D eigenvalue weighted by molar-refractivity contribution is 9.11. The lowest BCUT2D eigenvalue weighted by molar-refractivity contribution is -0.384. The van der Waals surface area contributed by atoms with Crippen molar-refractivity contribution in [3.8, 4) is 11.5 Å². The van der Waals surface area contributed by atoms with Gasteiger partial charge in [0.25, 0.3) is 11.6 Å². The summed E-state index contributed by atoms with van der Waals surface area (Å²) in [5.41, 5.74) is 0.196. The van der Waals surface area contributed by atoms with E-state index in [9.17, 15) is 14.9 Å². The minimum Gasteiger partial charge on any atom is -0.494 e. The van der Waals surface area contributed by atoms with E-state index in [1.165, 1.54) is 25.3 Å². The van der Waals surface area contributed by atoms with E-state index in [1.54, 1.807) is 25.1 Å². The molecule has 0 aromatic heterocycles. The number of non-ortho nitro benzene ring substituents is 1. The van der Waals surface area contributed by atoms with Crippen molar-refractivity contribution >= 4 is 49.1 Å². The zero-order chi connectivity index (χ0) is 18.6. The number of nitro benzene ring substituents is 1. The van der Waals surface area contributed by atoms with Gasteiger partial charge >= 0.3 is 0 Å². The molecule has 0 radical (unpaired) electrons. The summed E-state index contributed by atoms with van der Waals surface area (Å²) < 4.78 is 12.3.